The first-order valence-electron chi connectivity index (χ1n) is 8.61. The van der Waals surface area contributed by atoms with Crippen LogP contribution >= 0.6 is 15.9 Å². The number of hydrogen-bond acceptors (Lipinski definition) is 3. The first kappa shape index (κ1) is 16.8. The van der Waals surface area contributed by atoms with Crippen LogP contribution in [-0.4, -0.2) is 33.1 Å². The minimum Gasteiger partial charge on any atom is -0.386 e. The second-order valence-corrected chi connectivity index (χ2v) is 7.79. The van der Waals surface area contributed by atoms with Crippen LogP contribution in [0.3, 0.4) is 0 Å². The Morgan fingerprint density at radius 2 is 2.12 bits per heavy atom. The molecule has 2 aromatic heterocycles. The molecule has 4 nitrogen and oxygen atoms in total. The van der Waals surface area contributed by atoms with E-state index in [0.29, 0.717) is 6.54 Å². The molecule has 1 N–H and O–H groups in total. The molecule has 1 aliphatic heterocycles. The molecular formula is C20H22BrN3O. The van der Waals surface area contributed by atoms with E-state index < -0.39 is 6.10 Å². The topological polar surface area (TPSA) is 41.3 Å². The molecule has 1 atom stereocenters. The number of hydrogen-bond donors (Lipinski definition) is 1. The molecule has 0 fully saturated rings. The molecule has 1 aromatic carbocycles. The number of pyridine rings is 1. The molecule has 130 valence electrons. The van der Waals surface area contributed by atoms with Crippen molar-refractivity contribution in [3.05, 3.63) is 63.5 Å². The fourth-order valence-corrected chi connectivity index (χ4v) is 4.00. The zero-order valence-corrected chi connectivity index (χ0v) is 16.1. The molecule has 25 heavy (non-hydrogen) atoms. The number of aryl methyl sites for hydroxylation is 1. The largest absolute Gasteiger partial charge is 0.386 e. The van der Waals surface area contributed by atoms with Gasteiger partial charge in [0.15, 0.2) is 0 Å². The summed E-state index contributed by atoms with van der Waals surface area (Å²) in [7, 11) is 2.17. The van der Waals surface area contributed by atoms with Gasteiger partial charge in [-0.1, -0.05) is 17.7 Å². The number of aliphatic hydroxyl groups is 1. The summed E-state index contributed by atoms with van der Waals surface area (Å²) in [5, 5.41) is 12.1. The minimum atomic E-state index is -0.568. The van der Waals surface area contributed by atoms with Crippen molar-refractivity contribution in [1.29, 1.82) is 0 Å². The van der Waals surface area contributed by atoms with Crippen molar-refractivity contribution in [1.82, 2.24) is 14.5 Å². The number of rotatable bonds is 3. The second kappa shape index (κ2) is 6.56. The third kappa shape index (κ3) is 3.12. The average molecular weight is 400 g/mol. The molecule has 4 rings (SSSR count). The van der Waals surface area contributed by atoms with Crippen LogP contribution in [0.1, 0.15) is 28.5 Å². The summed E-state index contributed by atoms with van der Waals surface area (Å²) >= 11 is 3.35. The predicted octanol–water partition coefficient (Wildman–Crippen LogP) is 3.83. The van der Waals surface area contributed by atoms with Gasteiger partial charge in [0, 0.05) is 47.9 Å². The van der Waals surface area contributed by atoms with Gasteiger partial charge in [-0.15, -0.1) is 0 Å². The Bertz CT molecular complexity index is 917. The Morgan fingerprint density at radius 1 is 1.28 bits per heavy atom. The second-order valence-electron chi connectivity index (χ2n) is 6.97. The molecule has 0 saturated heterocycles. The Hall–Kier alpha value is -1.69. The lowest BCUT2D eigenvalue weighted by Gasteiger charge is -2.25. The van der Waals surface area contributed by atoms with Crippen LogP contribution in [0.25, 0.3) is 10.9 Å². The maximum Gasteiger partial charge on any atom is 0.106 e. The van der Waals surface area contributed by atoms with E-state index in [1.54, 1.807) is 6.20 Å². The summed E-state index contributed by atoms with van der Waals surface area (Å²) in [6.07, 6.45) is 2.19. The Balaban J connectivity index is 1.77. The number of aromatic nitrogens is 2. The van der Waals surface area contributed by atoms with Crippen molar-refractivity contribution >= 4 is 26.8 Å². The summed E-state index contributed by atoms with van der Waals surface area (Å²) < 4.78 is 3.09. The smallest absolute Gasteiger partial charge is 0.106 e. The molecule has 0 saturated carbocycles. The quantitative estimate of drug-likeness (QED) is 0.680. The Kier molecular flexibility index (Phi) is 4.40. The number of fused-ring (bicyclic) bond motifs is 3. The molecule has 0 spiro atoms. The zero-order chi connectivity index (χ0) is 17.6. The Morgan fingerprint density at radius 3 is 2.88 bits per heavy atom. The summed E-state index contributed by atoms with van der Waals surface area (Å²) in [5.41, 5.74) is 6.11. The number of benzene rings is 1. The van der Waals surface area contributed by atoms with Crippen LogP contribution in [0.5, 0.6) is 0 Å². The van der Waals surface area contributed by atoms with E-state index in [2.05, 4.69) is 62.6 Å². The standard InChI is InChI=1S/C20H22BrN3O/c1-13-3-5-17-15(9-13)16-11-23(2)8-7-18(16)24(17)12-19(25)14-4-6-20(21)22-10-14/h3-6,9-10,19,25H,7-8,11-12H2,1-2H3. The van der Waals surface area contributed by atoms with Crippen LogP contribution in [0, 0.1) is 6.92 Å². The van der Waals surface area contributed by atoms with Gasteiger partial charge in [-0.3, -0.25) is 0 Å². The molecule has 1 aliphatic rings. The fourth-order valence-electron chi connectivity index (χ4n) is 3.77. The molecule has 5 heteroatoms. The third-order valence-corrected chi connectivity index (χ3v) is 5.56. The van der Waals surface area contributed by atoms with E-state index in [0.717, 1.165) is 29.7 Å². The molecule has 0 aliphatic carbocycles. The maximum atomic E-state index is 10.8. The van der Waals surface area contributed by atoms with E-state index in [-0.39, 0.29) is 0 Å². The van der Waals surface area contributed by atoms with Crippen LogP contribution in [-0.2, 0) is 19.5 Å². The molecule has 0 amide bonds. The van der Waals surface area contributed by atoms with Gasteiger partial charge in [0.25, 0.3) is 0 Å². The molecule has 0 bridgehead atoms. The highest BCUT2D eigenvalue weighted by molar-refractivity contribution is 9.10. The molecule has 3 aromatic rings. The Labute approximate surface area is 156 Å². The van der Waals surface area contributed by atoms with Gasteiger partial charge in [0.1, 0.15) is 4.60 Å². The number of nitrogens with zero attached hydrogens (tertiary/aromatic N) is 3. The molecule has 1 unspecified atom stereocenters. The van der Waals surface area contributed by atoms with E-state index in [9.17, 15) is 5.11 Å². The molecule has 0 radical (unpaired) electrons. The summed E-state index contributed by atoms with van der Waals surface area (Å²) in [4.78, 5) is 6.61. The first-order valence-corrected chi connectivity index (χ1v) is 9.41. The van der Waals surface area contributed by atoms with Gasteiger partial charge >= 0.3 is 0 Å². The van der Waals surface area contributed by atoms with Crippen molar-refractivity contribution in [2.45, 2.75) is 32.5 Å². The first-order chi connectivity index (χ1) is 12.0. The maximum absolute atomic E-state index is 10.8. The lowest BCUT2D eigenvalue weighted by atomic mass is 10.0. The number of likely N-dealkylation sites (N-methyl/N-ethyl adjacent to an activating group) is 1. The molecule has 3 heterocycles. The van der Waals surface area contributed by atoms with Gasteiger partial charge in [-0.2, -0.15) is 0 Å². The SMILES string of the molecule is Cc1ccc2c(c1)c1c(n2CC(O)c2ccc(Br)nc2)CCN(C)C1. The van der Waals surface area contributed by atoms with Gasteiger partial charge in [0.2, 0.25) is 0 Å². The molecular weight excluding hydrogens is 378 g/mol. The average Bonchev–Trinajstić information content (AvgIpc) is 2.88. The highest BCUT2D eigenvalue weighted by Crippen LogP contribution is 2.32. The normalized spacial score (nSPS) is 16.2. The van der Waals surface area contributed by atoms with E-state index in [1.165, 1.54) is 27.7 Å². The zero-order valence-electron chi connectivity index (χ0n) is 14.5. The monoisotopic (exact) mass is 399 g/mol. The van der Waals surface area contributed by atoms with Crippen LogP contribution in [0.2, 0.25) is 0 Å². The van der Waals surface area contributed by atoms with Crippen molar-refractivity contribution < 1.29 is 5.11 Å². The van der Waals surface area contributed by atoms with Gasteiger partial charge in [-0.05, 0) is 53.7 Å². The third-order valence-electron chi connectivity index (χ3n) is 5.09. The summed E-state index contributed by atoms with van der Waals surface area (Å²) in [6.45, 7) is 4.72. The van der Waals surface area contributed by atoms with Crippen molar-refractivity contribution in [3.8, 4) is 0 Å². The van der Waals surface area contributed by atoms with Crippen molar-refractivity contribution in [2.75, 3.05) is 13.6 Å². The van der Waals surface area contributed by atoms with Crippen molar-refractivity contribution in [2.24, 2.45) is 0 Å². The number of aliphatic hydroxyl groups excluding tert-OH is 1. The summed E-state index contributed by atoms with van der Waals surface area (Å²) in [6, 6.07) is 10.4. The van der Waals surface area contributed by atoms with Gasteiger partial charge in [-0.25, -0.2) is 4.98 Å². The van der Waals surface area contributed by atoms with E-state index in [1.807, 2.05) is 12.1 Å². The fraction of sp³-hybridized carbons (Fsp3) is 0.350. The number of halogens is 1. The van der Waals surface area contributed by atoms with Gasteiger partial charge < -0.3 is 14.6 Å². The highest BCUT2D eigenvalue weighted by atomic mass is 79.9. The summed E-state index contributed by atoms with van der Waals surface area (Å²) in [5.74, 6) is 0. The minimum absolute atomic E-state index is 0.557. The highest BCUT2D eigenvalue weighted by Gasteiger charge is 2.23. The van der Waals surface area contributed by atoms with E-state index >= 15 is 0 Å². The van der Waals surface area contributed by atoms with Gasteiger partial charge in [0.05, 0.1) is 12.6 Å². The van der Waals surface area contributed by atoms with Crippen LogP contribution in [0.4, 0.5) is 0 Å². The predicted molar refractivity (Wildman–Crippen MR) is 104 cm³/mol. The lowest BCUT2D eigenvalue weighted by molar-refractivity contribution is 0.155. The van der Waals surface area contributed by atoms with Crippen LogP contribution < -0.4 is 0 Å². The van der Waals surface area contributed by atoms with E-state index in [4.69, 9.17) is 0 Å². The van der Waals surface area contributed by atoms with Crippen LogP contribution in [0.15, 0.2) is 41.1 Å². The van der Waals surface area contributed by atoms with Crippen molar-refractivity contribution in [3.63, 3.8) is 0 Å². The lowest BCUT2D eigenvalue weighted by Crippen LogP contribution is -2.27.